The van der Waals surface area contributed by atoms with Gasteiger partial charge < -0.3 is 9.47 Å². The molecule has 0 atom stereocenters. The molecule has 3 nitrogen and oxygen atoms in total. The summed E-state index contributed by atoms with van der Waals surface area (Å²) in [5.41, 5.74) is 1.27. The van der Waals surface area contributed by atoms with E-state index in [-0.39, 0.29) is 12.6 Å². The van der Waals surface area contributed by atoms with E-state index >= 15 is 0 Å². The molecule has 0 fully saturated rings. The average molecular weight is 202 g/mol. The molecule has 1 heterocycles. The summed E-state index contributed by atoms with van der Waals surface area (Å²) < 4.78 is 10.4. The molecule has 0 unspecified atom stereocenters. The molecule has 0 aliphatic carbocycles. The van der Waals surface area contributed by atoms with Crippen molar-refractivity contribution in [3.8, 4) is 23.3 Å². The first-order chi connectivity index (χ1) is 7.22. The van der Waals surface area contributed by atoms with Crippen LogP contribution in [0.4, 0.5) is 0 Å². The van der Waals surface area contributed by atoms with E-state index in [1.165, 1.54) is 6.92 Å². The number of Topliss-reactive ketones (excluding diaryl/α,β-unsaturated/α-hetero) is 1. The van der Waals surface area contributed by atoms with E-state index in [0.717, 1.165) is 0 Å². The highest BCUT2D eigenvalue weighted by atomic mass is 16.7. The Balaban J connectivity index is 2.60. The number of ether oxygens (including phenoxy) is 2. The van der Waals surface area contributed by atoms with Crippen molar-refractivity contribution < 1.29 is 14.3 Å². The fourth-order valence-corrected chi connectivity index (χ4v) is 1.47. The van der Waals surface area contributed by atoms with Gasteiger partial charge in [0.05, 0.1) is 0 Å². The fourth-order valence-electron chi connectivity index (χ4n) is 1.47. The lowest BCUT2D eigenvalue weighted by atomic mass is 10.0. The Hall–Kier alpha value is -1.95. The second kappa shape index (κ2) is 3.66. The van der Waals surface area contributed by atoms with E-state index in [0.29, 0.717) is 22.6 Å². The summed E-state index contributed by atoms with van der Waals surface area (Å²) in [6.45, 7) is 3.45. The van der Waals surface area contributed by atoms with Crippen molar-refractivity contribution in [2.75, 3.05) is 6.79 Å². The molecule has 0 spiro atoms. The third kappa shape index (κ3) is 1.66. The number of fused-ring (bicyclic) bond motifs is 1. The maximum Gasteiger partial charge on any atom is 0.231 e. The van der Waals surface area contributed by atoms with Crippen molar-refractivity contribution in [2.45, 2.75) is 13.8 Å². The van der Waals surface area contributed by atoms with Crippen molar-refractivity contribution in [1.29, 1.82) is 0 Å². The van der Waals surface area contributed by atoms with Gasteiger partial charge in [-0.1, -0.05) is 5.92 Å². The Labute approximate surface area is 88.0 Å². The van der Waals surface area contributed by atoms with Crippen LogP contribution in [0.2, 0.25) is 0 Å². The molecule has 76 valence electrons. The summed E-state index contributed by atoms with van der Waals surface area (Å²) in [5.74, 6) is 6.89. The number of ketones is 1. The second-order valence-corrected chi connectivity index (χ2v) is 3.18. The van der Waals surface area contributed by atoms with Gasteiger partial charge in [-0.3, -0.25) is 4.79 Å². The minimum Gasteiger partial charge on any atom is -0.454 e. The minimum absolute atomic E-state index is 0.0222. The van der Waals surface area contributed by atoms with Gasteiger partial charge in [0.1, 0.15) is 0 Å². The molecule has 0 saturated heterocycles. The molecule has 1 aromatic carbocycles. The van der Waals surface area contributed by atoms with Crippen molar-refractivity contribution in [3.63, 3.8) is 0 Å². The van der Waals surface area contributed by atoms with E-state index in [1.54, 1.807) is 19.1 Å². The molecule has 0 aromatic heterocycles. The third-order valence-electron chi connectivity index (χ3n) is 2.15. The molecule has 0 N–H and O–H groups in total. The average Bonchev–Trinajstić information content (AvgIpc) is 2.63. The van der Waals surface area contributed by atoms with Crippen LogP contribution in [0.5, 0.6) is 11.5 Å². The lowest BCUT2D eigenvalue weighted by molar-refractivity contribution is 0.101. The molecule has 1 aliphatic rings. The van der Waals surface area contributed by atoms with Crippen LogP contribution in [0, 0.1) is 11.8 Å². The largest absolute Gasteiger partial charge is 0.454 e. The van der Waals surface area contributed by atoms with E-state index in [4.69, 9.17) is 9.47 Å². The van der Waals surface area contributed by atoms with Gasteiger partial charge in [-0.15, -0.1) is 5.92 Å². The normalized spacial score (nSPS) is 11.9. The SMILES string of the molecule is CC#Cc1cc2c(cc1C(C)=O)OCO2. The zero-order chi connectivity index (χ0) is 10.8. The zero-order valence-electron chi connectivity index (χ0n) is 8.59. The lowest BCUT2D eigenvalue weighted by Gasteiger charge is -2.02. The van der Waals surface area contributed by atoms with Crippen molar-refractivity contribution in [3.05, 3.63) is 23.3 Å². The van der Waals surface area contributed by atoms with Crippen LogP contribution in [0.15, 0.2) is 12.1 Å². The highest BCUT2D eigenvalue weighted by Crippen LogP contribution is 2.34. The molecule has 3 heteroatoms. The molecule has 1 aromatic rings. The molecule has 2 rings (SSSR count). The minimum atomic E-state index is -0.0222. The van der Waals surface area contributed by atoms with Gasteiger partial charge in [0.2, 0.25) is 6.79 Å². The summed E-state index contributed by atoms with van der Waals surface area (Å²) in [6.07, 6.45) is 0. The summed E-state index contributed by atoms with van der Waals surface area (Å²) in [6, 6.07) is 3.43. The first kappa shape index (κ1) is 9.60. The van der Waals surface area contributed by atoms with Gasteiger partial charge in [0.25, 0.3) is 0 Å². The Kier molecular flexibility index (Phi) is 2.34. The van der Waals surface area contributed by atoms with Crippen LogP contribution < -0.4 is 9.47 Å². The van der Waals surface area contributed by atoms with Gasteiger partial charge in [-0.25, -0.2) is 0 Å². The smallest absolute Gasteiger partial charge is 0.231 e. The van der Waals surface area contributed by atoms with Gasteiger partial charge in [-0.2, -0.15) is 0 Å². The third-order valence-corrected chi connectivity index (χ3v) is 2.15. The monoisotopic (exact) mass is 202 g/mol. The molecular weight excluding hydrogens is 192 g/mol. The predicted octanol–water partition coefficient (Wildman–Crippen LogP) is 1.99. The standard InChI is InChI=1S/C12H10O3/c1-3-4-9-5-11-12(15-7-14-11)6-10(9)8(2)13/h5-6H,7H2,1-2H3. The van der Waals surface area contributed by atoms with Crippen molar-refractivity contribution in [1.82, 2.24) is 0 Å². The fraction of sp³-hybridized carbons (Fsp3) is 0.250. The highest BCUT2D eigenvalue weighted by molar-refractivity contribution is 5.97. The molecular formula is C12H10O3. The van der Waals surface area contributed by atoms with Crippen LogP contribution in [-0.4, -0.2) is 12.6 Å². The number of hydrogen-bond donors (Lipinski definition) is 0. The zero-order valence-corrected chi connectivity index (χ0v) is 8.59. The summed E-state index contributed by atoms with van der Waals surface area (Å²) in [7, 11) is 0. The highest BCUT2D eigenvalue weighted by Gasteiger charge is 2.18. The number of benzene rings is 1. The summed E-state index contributed by atoms with van der Waals surface area (Å²) >= 11 is 0. The van der Waals surface area contributed by atoms with Crippen molar-refractivity contribution in [2.24, 2.45) is 0 Å². The Bertz CT molecular complexity index is 478. The molecule has 15 heavy (non-hydrogen) atoms. The predicted molar refractivity (Wildman–Crippen MR) is 55.1 cm³/mol. The maximum atomic E-state index is 11.4. The van der Waals surface area contributed by atoms with Gasteiger partial charge in [-0.05, 0) is 19.9 Å². The maximum absolute atomic E-state index is 11.4. The Morgan fingerprint density at radius 3 is 2.60 bits per heavy atom. The van der Waals surface area contributed by atoms with Crippen LogP contribution >= 0.6 is 0 Å². The van der Waals surface area contributed by atoms with Gasteiger partial charge >= 0.3 is 0 Å². The number of carbonyl (C=O) groups is 1. The summed E-state index contributed by atoms with van der Waals surface area (Å²) in [4.78, 5) is 11.4. The van der Waals surface area contributed by atoms with Crippen LogP contribution in [0.3, 0.4) is 0 Å². The molecule has 0 radical (unpaired) electrons. The summed E-state index contributed by atoms with van der Waals surface area (Å²) in [5, 5.41) is 0. The first-order valence-corrected chi connectivity index (χ1v) is 4.59. The quantitative estimate of drug-likeness (QED) is 0.516. The van der Waals surface area contributed by atoms with E-state index in [1.807, 2.05) is 0 Å². The number of hydrogen-bond acceptors (Lipinski definition) is 3. The van der Waals surface area contributed by atoms with E-state index in [2.05, 4.69) is 11.8 Å². The van der Waals surface area contributed by atoms with Crippen LogP contribution in [-0.2, 0) is 0 Å². The van der Waals surface area contributed by atoms with Gasteiger partial charge in [0.15, 0.2) is 17.3 Å². The molecule has 0 amide bonds. The van der Waals surface area contributed by atoms with Crippen LogP contribution in [0.1, 0.15) is 29.8 Å². The second-order valence-electron chi connectivity index (χ2n) is 3.18. The Morgan fingerprint density at radius 1 is 1.33 bits per heavy atom. The molecule has 0 saturated carbocycles. The topological polar surface area (TPSA) is 35.5 Å². The van der Waals surface area contributed by atoms with E-state index in [9.17, 15) is 4.79 Å². The number of rotatable bonds is 1. The molecule has 1 aliphatic heterocycles. The van der Waals surface area contributed by atoms with Crippen LogP contribution in [0.25, 0.3) is 0 Å². The van der Waals surface area contributed by atoms with Crippen molar-refractivity contribution >= 4 is 5.78 Å². The first-order valence-electron chi connectivity index (χ1n) is 4.59. The Morgan fingerprint density at radius 2 is 2.00 bits per heavy atom. The number of carbonyl (C=O) groups excluding carboxylic acids is 1. The molecule has 0 bridgehead atoms. The van der Waals surface area contributed by atoms with Gasteiger partial charge in [0, 0.05) is 17.2 Å². The van der Waals surface area contributed by atoms with E-state index < -0.39 is 0 Å². The lowest BCUT2D eigenvalue weighted by Crippen LogP contribution is -1.96.